The number of fused-ring (bicyclic) bond motifs is 1. The van der Waals surface area contributed by atoms with E-state index in [0.29, 0.717) is 29.0 Å². The first-order valence-corrected chi connectivity index (χ1v) is 10.5. The van der Waals surface area contributed by atoms with E-state index in [9.17, 15) is 18.0 Å². The van der Waals surface area contributed by atoms with Crippen LogP contribution < -0.4 is 19.9 Å². The van der Waals surface area contributed by atoms with Crippen molar-refractivity contribution in [2.75, 3.05) is 6.61 Å². The summed E-state index contributed by atoms with van der Waals surface area (Å²) in [5.41, 5.74) is 0.636. The summed E-state index contributed by atoms with van der Waals surface area (Å²) in [7, 11) is -3.75. The largest absolute Gasteiger partial charge is 0.486 e. The lowest BCUT2D eigenvalue weighted by Crippen LogP contribution is -2.35. The molecule has 2 aromatic carbocycles. The molecule has 8 nitrogen and oxygen atoms in total. The summed E-state index contributed by atoms with van der Waals surface area (Å²) in [4.78, 5) is 24.2. The Bertz CT molecular complexity index is 1050. The molecule has 0 saturated carbocycles. The summed E-state index contributed by atoms with van der Waals surface area (Å²) in [5.74, 6) is 0.519. The molecule has 9 heteroatoms. The second-order valence-electron chi connectivity index (χ2n) is 7.37. The molecule has 0 radical (unpaired) electrons. The Labute approximate surface area is 169 Å². The van der Waals surface area contributed by atoms with Gasteiger partial charge in [-0.15, -0.1) is 0 Å². The van der Waals surface area contributed by atoms with Crippen LogP contribution in [0.4, 0.5) is 0 Å². The highest BCUT2D eigenvalue weighted by Gasteiger charge is 2.32. The van der Waals surface area contributed by atoms with Crippen LogP contribution in [0.15, 0.2) is 47.4 Å². The van der Waals surface area contributed by atoms with E-state index in [-0.39, 0.29) is 29.7 Å². The van der Waals surface area contributed by atoms with Gasteiger partial charge >= 0.3 is 0 Å². The van der Waals surface area contributed by atoms with Crippen molar-refractivity contribution in [2.24, 2.45) is 5.14 Å². The van der Waals surface area contributed by atoms with E-state index in [4.69, 9.17) is 14.6 Å². The number of ether oxygens (including phenoxy) is 2. The average Bonchev–Trinajstić information content (AvgIpc) is 2.63. The van der Waals surface area contributed by atoms with Crippen LogP contribution in [0.1, 0.15) is 36.2 Å². The summed E-state index contributed by atoms with van der Waals surface area (Å²) in [6.45, 7) is 3.67. The van der Waals surface area contributed by atoms with E-state index >= 15 is 0 Å². The number of hydrogen-bond donors (Lipinski definition) is 2. The lowest BCUT2D eigenvalue weighted by Gasteiger charge is -2.31. The maximum absolute atomic E-state index is 12.1. The topological polar surface area (TPSA) is 125 Å². The molecule has 0 unspecified atom stereocenters. The van der Waals surface area contributed by atoms with Crippen LogP contribution >= 0.6 is 0 Å². The predicted molar refractivity (Wildman–Crippen MR) is 105 cm³/mol. The van der Waals surface area contributed by atoms with Gasteiger partial charge in [0.05, 0.1) is 16.9 Å². The molecule has 1 amide bonds. The number of nitrogens with one attached hydrogen (secondary N) is 1. The van der Waals surface area contributed by atoms with Crippen LogP contribution in [-0.4, -0.2) is 32.3 Å². The highest BCUT2D eigenvalue weighted by molar-refractivity contribution is 7.89. The van der Waals surface area contributed by atoms with Crippen LogP contribution in [0.3, 0.4) is 0 Å². The molecule has 3 N–H and O–H groups in total. The Morgan fingerprint density at radius 2 is 1.90 bits per heavy atom. The first-order valence-electron chi connectivity index (χ1n) is 8.91. The molecule has 154 valence electrons. The number of benzene rings is 2. The molecule has 29 heavy (non-hydrogen) atoms. The molecular formula is C20H22N2O6S. The van der Waals surface area contributed by atoms with Crippen LogP contribution in [0.2, 0.25) is 0 Å². The van der Waals surface area contributed by atoms with Gasteiger partial charge in [0.2, 0.25) is 10.0 Å². The number of primary sulfonamides is 1. The van der Waals surface area contributed by atoms with E-state index < -0.39 is 15.6 Å². The van der Waals surface area contributed by atoms with Gasteiger partial charge in [0.25, 0.3) is 5.91 Å². The molecule has 0 aliphatic carbocycles. The van der Waals surface area contributed by atoms with Crippen molar-refractivity contribution < 1.29 is 27.5 Å². The Kier molecular flexibility index (Phi) is 5.63. The zero-order valence-electron chi connectivity index (χ0n) is 16.1. The first kappa shape index (κ1) is 20.8. The third kappa shape index (κ3) is 5.33. The van der Waals surface area contributed by atoms with Crippen LogP contribution in [0, 0.1) is 0 Å². The van der Waals surface area contributed by atoms with E-state index in [1.54, 1.807) is 30.3 Å². The predicted octanol–water partition coefficient (Wildman–Crippen LogP) is 1.77. The minimum absolute atomic E-state index is 0.00666. The monoisotopic (exact) mass is 418 g/mol. The minimum Gasteiger partial charge on any atom is -0.486 e. The summed E-state index contributed by atoms with van der Waals surface area (Å²) in [6.07, 6.45) is 0.306. The highest BCUT2D eigenvalue weighted by atomic mass is 32.2. The Hall–Kier alpha value is -2.91. The summed E-state index contributed by atoms with van der Waals surface area (Å²) in [6, 6.07) is 10.8. The molecule has 1 aliphatic heterocycles. The van der Waals surface area contributed by atoms with Gasteiger partial charge in [-0.2, -0.15) is 0 Å². The Morgan fingerprint density at radius 3 is 2.55 bits per heavy atom. The second kappa shape index (κ2) is 7.84. The molecule has 0 spiro atoms. The van der Waals surface area contributed by atoms with Gasteiger partial charge in [-0.05, 0) is 43.7 Å². The fraction of sp³-hybridized carbons (Fsp3) is 0.300. The SMILES string of the molecule is CC1(C)CC(=O)c2ccc(OCC(=O)NCc3ccc(S(N)(=O)=O)cc3)cc2O1. The van der Waals surface area contributed by atoms with Crippen molar-refractivity contribution in [3.63, 3.8) is 0 Å². The van der Waals surface area contributed by atoms with E-state index in [2.05, 4.69) is 5.32 Å². The third-order valence-corrected chi connectivity index (χ3v) is 5.27. The lowest BCUT2D eigenvalue weighted by molar-refractivity contribution is -0.123. The maximum Gasteiger partial charge on any atom is 0.258 e. The van der Waals surface area contributed by atoms with Gasteiger partial charge in [0.15, 0.2) is 12.4 Å². The van der Waals surface area contributed by atoms with E-state index in [0.717, 1.165) is 0 Å². The van der Waals surface area contributed by atoms with Gasteiger partial charge in [0, 0.05) is 12.6 Å². The molecular weight excluding hydrogens is 396 g/mol. The minimum atomic E-state index is -3.75. The van der Waals surface area contributed by atoms with Crippen LogP contribution in [0.25, 0.3) is 0 Å². The van der Waals surface area contributed by atoms with Crippen molar-refractivity contribution in [1.82, 2.24) is 5.32 Å². The molecule has 3 rings (SSSR count). The van der Waals surface area contributed by atoms with Gasteiger partial charge in [0.1, 0.15) is 17.1 Å². The van der Waals surface area contributed by atoms with Crippen molar-refractivity contribution in [1.29, 1.82) is 0 Å². The van der Waals surface area contributed by atoms with Crippen LogP contribution in [-0.2, 0) is 21.4 Å². The number of ketones is 1. The molecule has 1 aliphatic rings. The number of Topliss-reactive ketones (excluding diaryl/α,β-unsaturated/α-hetero) is 1. The zero-order chi connectivity index (χ0) is 21.2. The normalized spacial score (nSPS) is 15.2. The Balaban J connectivity index is 1.54. The molecule has 0 saturated heterocycles. The van der Waals surface area contributed by atoms with E-state index in [1.165, 1.54) is 12.1 Å². The standard InChI is InChI=1S/C20H22N2O6S/c1-20(2)10-17(23)16-8-5-14(9-18(16)28-20)27-12-19(24)22-11-13-3-6-15(7-4-13)29(21,25)26/h3-9H,10-12H2,1-2H3,(H,22,24)(H2,21,25,26). The second-order valence-corrected chi connectivity index (χ2v) is 8.94. The summed E-state index contributed by atoms with van der Waals surface area (Å²) < 4.78 is 33.8. The summed E-state index contributed by atoms with van der Waals surface area (Å²) >= 11 is 0. The van der Waals surface area contributed by atoms with E-state index in [1.807, 2.05) is 13.8 Å². The lowest BCUT2D eigenvalue weighted by atomic mass is 9.93. The van der Waals surface area contributed by atoms with Gasteiger partial charge in [-0.1, -0.05) is 12.1 Å². The molecule has 2 aromatic rings. The van der Waals surface area contributed by atoms with Crippen molar-refractivity contribution in [2.45, 2.75) is 37.3 Å². The van der Waals surface area contributed by atoms with Crippen molar-refractivity contribution in [3.05, 3.63) is 53.6 Å². The zero-order valence-corrected chi connectivity index (χ0v) is 16.9. The van der Waals surface area contributed by atoms with Crippen molar-refractivity contribution in [3.8, 4) is 11.5 Å². The number of hydrogen-bond acceptors (Lipinski definition) is 6. The maximum atomic E-state index is 12.1. The summed E-state index contributed by atoms with van der Waals surface area (Å²) in [5, 5.41) is 7.73. The number of carbonyl (C=O) groups excluding carboxylic acids is 2. The molecule has 0 aromatic heterocycles. The third-order valence-electron chi connectivity index (χ3n) is 4.34. The fourth-order valence-corrected chi connectivity index (χ4v) is 3.44. The number of nitrogens with two attached hydrogens (primary N) is 1. The highest BCUT2D eigenvalue weighted by Crippen LogP contribution is 2.35. The van der Waals surface area contributed by atoms with Gasteiger partial charge < -0.3 is 14.8 Å². The average molecular weight is 418 g/mol. The number of sulfonamides is 1. The fourth-order valence-electron chi connectivity index (χ4n) is 2.92. The first-order chi connectivity index (χ1) is 13.5. The smallest absolute Gasteiger partial charge is 0.258 e. The number of carbonyl (C=O) groups is 2. The molecule has 0 bridgehead atoms. The van der Waals surface area contributed by atoms with Gasteiger partial charge in [-0.25, -0.2) is 13.6 Å². The number of rotatable bonds is 6. The van der Waals surface area contributed by atoms with Gasteiger partial charge in [-0.3, -0.25) is 9.59 Å². The van der Waals surface area contributed by atoms with Crippen LogP contribution in [0.5, 0.6) is 11.5 Å². The quantitative estimate of drug-likeness (QED) is 0.737. The molecule has 0 fully saturated rings. The molecule has 0 atom stereocenters. The number of amides is 1. The molecule has 1 heterocycles. The van der Waals surface area contributed by atoms with Crippen molar-refractivity contribution >= 4 is 21.7 Å². The Morgan fingerprint density at radius 1 is 1.21 bits per heavy atom.